The molecule has 1 fully saturated rings. The first kappa shape index (κ1) is 9.87. The van der Waals surface area contributed by atoms with Crippen molar-refractivity contribution in [2.75, 3.05) is 13.2 Å². The van der Waals surface area contributed by atoms with E-state index in [1.54, 1.807) is 6.92 Å². The summed E-state index contributed by atoms with van der Waals surface area (Å²) in [6.07, 6.45) is 0. The van der Waals surface area contributed by atoms with Crippen LogP contribution in [0.5, 0.6) is 0 Å². The molecule has 1 aromatic carbocycles. The van der Waals surface area contributed by atoms with E-state index in [1.165, 1.54) is 0 Å². The number of halogens is 1. The molecule has 2 rings (SSSR count). The maximum Gasteiger partial charge on any atom is 0.145 e. The molecule has 0 amide bonds. The summed E-state index contributed by atoms with van der Waals surface area (Å²) in [7, 11) is 0. The summed E-state index contributed by atoms with van der Waals surface area (Å²) < 4.78 is 6.18. The monoisotopic (exact) mass is 254 g/mol. The number of rotatable bonds is 2. The summed E-state index contributed by atoms with van der Waals surface area (Å²) in [4.78, 5) is 11.5. The Morgan fingerprint density at radius 1 is 1.36 bits per heavy atom. The molecule has 2 nitrogen and oxygen atoms in total. The van der Waals surface area contributed by atoms with Gasteiger partial charge < -0.3 is 4.74 Å². The Bertz CT molecular complexity index is 352. The number of hydrogen-bond donors (Lipinski definition) is 0. The first-order valence-electron chi connectivity index (χ1n) is 4.50. The molecule has 0 radical (unpaired) electrons. The van der Waals surface area contributed by atoms with Crippen molar-refractivity contribution in [1.29, 1.82) is 0 Å². The van der Waals surface area contributed by atoms with Crippen LogP contribution < -0.4 is 0 Å². The fourth-order valence-corrected chi connectivity index (χ4v) is 1.91. The molecule has 1 aromatic rings. The topological polar surface area (TPSA) is 26.3 Å². The second-order valence-electron chi connectivity index (χ2n) is 3.64. The molecule has 0 aliphatic carbocycles. The van der Waals surface area contributed by atoms with Gasteiger partial charge in [-0.15, -0.1) is 0 Å². The van der Waals surface area contributed by atoms with E-state index in [0.717, 1.165) is 10.0 Å². The van der Waals surface area contributed by atoms with Crippen LogP contribution in [0.1, 0.15) is 12.5 Å². The van der Waals surface area contributed by atoms with E-state index < -0.39 is 0 Å². The van der Waals surface area contributed by atoms with Crippen molar-refractivity contribution in [3.05, 3.63) is 34.3 Å². The lowest BCUT2D eigenvalue weighted by Crippen LogP contribution is -2.52. The Kier molecular flexibility index (Phi) is 2.45. The highest BCUT2D eigenvalue weighted by molar-refractivity contribution is 9.10. The van der Waals surface area contributed by atoms with Crippen molar-refractivity contribution < 1.29 is 9.53 Å². The first-order chi connectivity index (χ1) is 6.65. The normalized spacial score (nSPS) is 18.7. The molecule has 0 saturated carbocycles. The highest BCUT2D eigenvalue weighted by Crippen LogP contribution is 2.33. The third-order valence-corrected chi connectivity index (χ3v) is 3.30. The summed E-state index contributed by atoms with van der Waals surface area (Å²) in [6.45, 7) is 2.67. The van der Waals surface area contributed by atoms with Crippen molar-refractivity contribution in [2.45, 2.75) is 12.3 Å². The van der Waals surface area contributed by atoms with Crippen LogP contribution in [0.3, 0.4) is 0 Å². The summed E-state index contributed by atoms with van der Waals surface area (Å²) in [6, 6.07) is 7.87. The molecule has 1 aliphatic heterocycles. The fraction of sp³-hybridized carbons (Fsp3) is 0.364. The minimum absolute atomic E-state index is 0.186. The van der Waals surface area contributed by atoms with Gasteiger partial charge in [-0.05, 0) is 24.6 Å². The molecule has 1 aliphatic rings. The summed E-state index contributed by atoms with van der Waals surface area (Å²) in [5.74, 6) is 0.186. The third-order valence-electron chi connectivity index (χ3n) is 2.77. The average Bonchev–Trinajstić information content (AvgIpc) is 2.05. The maximum absolute atomic E-state index is 11.5. The molecule has 0 aromatic heterocycles. The fourth-order valence-electron chi connectivity index (χ4n) is 1.65. The predicted octanol–water partition coefficient (Wildman–Crippen LogP) is 2.31. The van der Waals surface area contributed by atoms with Gasteiger partial charge in [-0.1, -0.05) is 28.1 Å². The van der Waals surface area contributed by atoms with Gasteiger partial charge in [0, 0.05) is 4.47 Å². The summed E-state index contributed by atoms with van der Waals surface area (Å²) in [5.41, 5.74) is 0.681. The highest BCUT2D eigenvalue weighted by atomic mass is 79.9. The summed E-state index contributed by atoms with van der Waals surface area (Å²) >= 11 is 3.37. The van der Waals surface area contributed by atoms with Crippen molar-refractivity contribution in [2.24, 2.45) is 0 Å². The predicted molar refractivity (Wildman–Crippen MR) is 57.3 cm³/mol. The molecule has 74 valence electrons. The zero-order valence-corrected chi connectivity index (χ0v) is 9.50. The van der Waals surface area contributed by atoms with Gasteiger partial charge in [-0.3, -0.25) is 4.79 Å². The number of ketones is 1. The van der Waals surface area contributed by atoms with Gasteiger partial charge in [0.05, 0.1) is 13.2 Å². The van der Waals surface area contributed by atoms with Gasteiger partial charge in [0.15, 0.2) is 0 Å². The number of benzene rings is 1. The summed E-state index contributed by atoms with van der Waals surface area (Å²) in [5, 5.41) is 0. The van der Waals surface area contributed by atoms with Crippen molar-refractivity contribution in [3.8, 4) is 0 Å². The molecule has 0 bridgehead atoms. The number of ether oxygens (including phenoxy) is 1. The number of carbonyl (C=O) groups excluding carboxylic acids is 1. The van der Waals surface area contributed by atoms with Gasteiger partial charge in [-0.25, -0.2) is 0 Å². The molecule has 3 heteroatoms. The van der Waals surface area contributed by atoms with Crippen LogP contribution in [-0.2, 0) is 14.9 Å². The van der Waals surface area contributed by atoms with Gasteiger partial charge in [0.25, 0.3) is 0 Å². The van der Waals surface area contributed by atoms with Crippen LogP contribution >= 0.6 is 15.9 Å². The molecule has 0 unspecified atom stereocenters. The van der Waals surface area contributed by atoms with Gasteiger partial charge in [0.2, 0.25) is 0 Å². The molecule has 14 heavy (non-hydrogen) atoms. The van der Waals surface area contributed by atoms with Gasteiger partial charge >= 0.3 is 0 Å². The first-order valence-corrected chi connectivity index (χ1v) is 5.29. The highest BCUT2D eigenvalue weighted by Gasteiger charge is 2.44. The Labute approximate surface area is 91.4 Å². The number of hydrogen-bond acceptors (Lipinski definition) is 2. The van der Waals surface area contributed by atoms with E-state index >= 15 is 0 Å². The van der Waals surface area contributed by atoms with E-state index in [9.17, 15) is 4.79 Å². The smallest absolute Gasteiger partial charge is 0.145 e. The average molecular weight is 255 g/mol. The van der Waals surface area contributed by atoms with Crippen molar-refractivity contribution >= 4 is 21.7 Å². The molecule has 1 saturated heterocycles. The van der Waals surface area contributed by atoms with E-state index in [-0.39, 0.29) is 11.2 Å². The Hall–Kier alpha value is -0.670. The van der Waals surface area contributed by atoms with E-state index in [0.29, 0.717) is 13.2 Å². The lowest BCUT2D eigenvalue weighted by molar-refractivity contribution is -0.140. The second kappa shape index (κ2) is 3.48. The molecule has 0 atom stereocenters. The van der Waals surface area contributed by atoms with Crippen molar-refractivity contribution in [1.82, 2.24) is 0 Å². The van der Waals surface area contributed by atoms with E-state index in [2.05, 4.69) is 15.9 Å². The third kappa shape index (κ3) is 1.41. The zero-order valence-electron chi connectivity index (χ0n) is 7.92. The van der Waals surface area contributed by atoms with Crippen LogP contribution in [0.4, 0.5) is 0 Å². The minimum atomic E-state index is -0.374. The standard InChI is InChI=1S/C11H11BrO2/c1-8(13)11(6-14-7-11)9-2-4-10(12)5-3-9/h2-5H,6-7H2,1H3. The number of Topliss-reactive ketones (excluding diaryl/α,β-unsaturated/α-hetero) is 1. The van der Waals surface area contributed by atoms with Crippen LogP contribution in [0.25, 0.3) is 0 Å². The number of carbonyl (C=O) groups is 1. The van der Waals surface area contributed by atoms with Crippen molar-refractivity contribution in [3.63, 3.8) is 0 Å². The molecule has 0 spiro atoms. The molecular formula is C11H11BrO2. The Morgan fingerprint density at radius 2 is 1.93 bits per heavy atom. The maximum atomic E-state index is 11.5. The lowest BCUT2D eigenvalue weighted by Gasteiger charge is -2.39. The quantitative estimate of drug-likeness (QED) is 0.810. The van der Waals surface area contributed by atoms with Gasteiger partial charge in [0.1, 0.15) is 11.2 Å². The zero-order chi connectivity index (χ0) is 10.2. The van der Waals surface area contributed by atoms with Crippen LogP contribution in [0.15, 0.2) is 28.7 Å². The van der Waals surface area contributed by atoms with Gasteiger partial charge in [-0.2, -0.15) is 0 Å². The Balaban J connectivity index is 2.37. The molecular weight excluding hydrogens is 244 g/mol. The lowest BCUT2D eigenvalue weighted by atomic mass is 9.75. The van der Waals surface area contributed by atoms with Crippen LogP contribution in [0.2, 0.25) is 0 Å². The van der Waals surface area contributed by atoms with Crippen LogP contribution in [-0.4, -0.2) is 19.0 Å². The Morgan fingerprint density at radius 3 is 2.29 bits per heavy atom. The minimum Gasteiger partial charge on any atom is -0.378 e. The SMILES string of the molecule is CC(=O)C1(c2ccc(Br)cc2)COC1. The molecule has 0 N–H and O–H groups in total. The molecule has 1 heterocycles. The van der Waals surface area contributed by atoms with E-state index in [1.807, 2.05) is 24.3 Å². The van der Waals surface area contributed by atoms with E-state index in [4.69, 9.17) is 4.74 Å². The largest absolute Gasteiger partial charge is 0.378 e. The van der Waals surface area contributed by atoms with Crippen LogP contribution in [0, 0.1) is 0 Å². The second-order valence-corrected chi connectivity index (χ2v) is 4.55.